The summed E-state index contributed by atoms with van der Waals surface area (Å²) in [4.78, 5) is 3.86. The van der Waals surface area contributed by atoms with Crippen LogP contribution < -0.4 is 4.57 Å². The van der Waals surface area contributed by atoms with Crippen LogP contribution >= 0.6 is 11.8 Å². The van der Waals surface area contributed by atoms with Crippen LogP contribution in [0.4, 0.5) is 0 Å². The molecule has 0 aromatic carbocycles. The molecule has 0 amide bonds. The molecule has 1 aliphatic heterocycles. The first-order valence-corrected chi connectivity index (χ1v) is 4.06. The molecule has 2 heterocycles. The van der Waals surface area contributed by atoms with Gasteiger partial charge in [0.05, 0.1) is 0 Å². The minimum Gasteiger partial charge on any atom is -0.501 e. The van der Waals surface area contributed by atoms with Crippen LogP contribution in [0.15, 0.2) is 17.6 Å². The molecule has 0 saturated carbocycles. The van der Waals surface area contributed by atoms with Gasteiger partial charge in [-0.1, -0.05) is 16.7 Å². The standard InChI is InChI=1S/C6H6N2OS/c9-5-3-7-4-8-1-2-10-6(5)8/h3-4H,1-2H2/p+1. The van der Waals surface area contributed by atoms with E-state index < -0.39 is 0 Å². The largest absolute Gasteiger partial charge is 0.501 e. The Balaban J connectivity index is 2.59. The maximum Gasteiger partial charge on any atom is 0.287 e. The van der Waals surface area contributed by atoms with E-state index in [0.717, 1.165) is 17.3 Å². The van der Waals surface area contributed by atoms with Gasteiger partial charge in [-0.15, -0.1) is 0 Å². The summed E-state index contributed by atoms with van der Waals surface area (Å²) in [5.74, 6) is 1.34. The SMILES string of the molecule is Oc1cnc[n+]2c1SCC2. The van der Waals surface area contributed by atoms with Gasteiger partial charge >= 0.3 is 0 Å². The first-order chi connectivity index (χ1) is 4.88. The molecule has 1 aromatic rings. The van der Waals surface area contributed by atoms with E-state index in [-0.39, 0.29) is 0 Å². The zero-order valence-electron chi connectivity index (χ0n) is 5.32. The number of aryl methyl sites for hydroxylation is 1. The molecule has 1 aromatic heterocycles. The second kappa shape index (κ2) is 2.12. The van der Waals surface area contributed by atoms with Crippen molar-refractivity contribution in [2.75, 3.05) is 5.75 Å². The molecule has 0 bridgehead atoms. The summed E-state index contributed by atoms with van der Waals surface area (Å²) in [6, 6.07) is 0. The number of hydrogen-bond acceptors (Lipinski definition) is 3. The van der Waals surface area contributed by atoms with Crippen LogP contribution in [0, 0.1) is 0 Å². The Morgan fingerprint density at radius 3 is 3.40 bits per heavy atom. The Kier molecular flexibility index (Phi) is 1.27. The maximum atomic E-state index is 9.23. The van der Waals surface area contributed by atoms with Crippen molar-refractivity contribution in [3.63, 3.8) is 0 Å². The lowest BCUT2D eigenvalue weighted by molar-refractivity contribution is -0.726. The van der Waals surface area contributed by atoms with E-state index in [1.54, 1.807) is 18.1 Å². The first-order valence-electron chi connectivity index (χ1n) is 3.07. The van der Waals surface area contributed by atoms with Gasteiger partial charge in [-0.05, 0) is 0 Å². The fourth-order valence-electron chi connectivity index (χ4n) is 0.996. The summed E-state index contributed by atoms with van der Waals surface area (Å²) in [6.07, 6.45) is 3.22. The monoisotopic (exact) mass is 155 g/mol. The molecule has 0 atom stereocenters. The van der Waals surface area contributed by atoms with Gasteiger partial charge in [0.15, 0.2) is 6.20 Å². The summed E-state index contributed by atoms with van der Waals surface area (Å²) in [6.45, 7) is 0.960. The highest BCUT2D eigenvalue weighted by atomic mass is 32.2. The number of hydrogen-bond donors (Lipinski definition) is 1. The Bertz CT molecular complexity index is 264. The van der Waals surface area contributed by atoms with Gasteiger partial charge in [0.25, 0.3) is 6.33 Å². The van der Waals surface area contributed by atoms with Crippen LogP contribution in [0.5, 0.6) is 5.75 Å². The summed E-state index contributed by atoms with van der Waals surface area (Å²) in [5.41, 5.74) is 0. The van der Waals surface area contributed by atoms with Gasteiger partial charge in [-0.3, -0.25) is 0 Å². The second-order valence-electron chi connectivity index (χ2n) is 2.13. The average molecular weight is 155 g/mol. The number of thioether (sulfide) groups is 1. The molecule has 4 heteroatoms. The van der Waals surface area contributed by atoms with Crippen LogP contribution in [0.1, 0.15) is 0 Å². The summed E-state index contributed by atoms with van der Waals surface area (Å²) < 4.78 is 1.96. The zero-order chi connectivity index (χ0) is 6.97. The predicted molar refractivity (Wildman–Crippen MR) is 36.8 cm³/mol. The number of rotatable bonds is 0. The maximum absolute atomic E-state index is 9.23. The molecule has 52 valence electrons. The molecule has 1 N–H and O–H groups in total. The highest BCUT2D eigenvalue weighted by Crippen LogP contribution is 2.26. The lowest BCUT2D eigenvalue weighted by atomic mass is 10.6. The Morgan fingerprint density at radius 1 is 1.70 bits per heavy atom. The van der Waals surface area contributed by atoms with E-state index in [9.17, 15) is 5.11 Å². The van der Waals surface area contributed by atoms with Crippen molar-refractivity contribution in [2.24, 2.45) is 0 Å². The molecular formula is C6H7N2OS+. The van der Waals surface area contributed by atoms with Crippen LogP contribution in [0.2, 0.25) is 0 Å². The molecule has 0 spiro atoms. The number of aromatic nitrogens is 2. The molecule has 0 saturated heterocycles. The third-order valence-electron chi connectivity index (χ3n) is 1.45. The lowest BCUT2D eigenvalue weighted by Crippen LogP contribution is -2.32. The van der Waals surface area contributed by atoms with Crippen LogP contribution in [-0.4, -0.2) is 15.8 Å². The van der Waals surface area contributed by atoms with Crippen LogP contribution in [-0.2, 0) is 6.54 Å². The topological polar surface area (TPSA) is 37.0 Å². The van der Waals surface area contributed by atoms with Crippen molar-refractivity contribution in [3.05, 3.63) is 12.5 Å². The normalized spacial score (nSPS) is 15.2. The van der Waals surface area contributed by atoms with Gasteiger partial charge in [0, 0.05) is 5.75 Å². The van der Waals surface area contributed by atoms with E-state index in [0.29, 0.717) is 5.75 Å². The van der Waals surface area contributed by atoms with Crippen molar-refractivity contribution in [1.82, 2.24) is 4.98 Å². The van der Waals surface area contributed by atoms with E-state index in [2.05, 4.69) is 4.98 Å². The summed E-state index contributed by atoms with van der Waals surface area (Å²) in [5, 5.41) is 10.2. The highest BCUT2D eigenvalue weighted by Gasteiger charge is 2.19. The van der Waals surface area contributed by atoms with Gasteiger partial charge in [0.1, 0.15) is 6.54 Å². The van der Waals surface area contributed by atoms with E-state index in [1.165, 1.54) is 6.20 Å². The third-order valence-corrected chi connectivity index (χ3v) is 2.56. The van der Waals surface area contributed by atoms with Crippen LogP contribution in [0.3, 0.4) is 0 Å². The van der Waals surface area contributed by atoms with Gasteiger partial charge in [0.2, 0.25) is 10.8 Å². The average Bonchev–Trinajstić information content (AvgIpc) is 2.36. The summed E-state index contributed by atoms with van der Waals surface area (Å²) in [7, 11) is 0. The Hall–Kier alpha value is -0.770. The summed E-state index contributed by atoms with van der Waals surface area (Å²) >= 11 is 1.67. The molecule has 0 unspecified atom stereocenters. The Labute approximate surface area is 62.7 Å². The molecule has 3 nitrogen and oxygen atoms in total. The number of aromatic hydroxyl groups is 1. The van der Waals surface area contributed by atoms with Gasteiger partial charge < -0.3 is 5.11 Å². The first kappa shape index (κ1) is 5.97. The van der Waals surface area contributed by atoms with Crippen molar-refractivity contribution in [2.45, 2.75) is 11.6 Å². The van der Waals surface area contributed by atoms with Crippen LogP contribution in [0.25, 0.3) is 0 Å². The quantitative estimate of drug-likeness (QED) is 0.429. The molecule has 1 aliphatic rings. The molecular weight excluding hydrogens is 148 g/mol. The van der Waals surface area contributed by atoms with Gasteiger partial charge in [-0.2, -0.15) is 0 Å². The molecule has 0 fully saturated rings. The fourth-order valence-corrected chi connectivity index (χ4v) is 1.98. The Morgan fingerprint density at radius 2 is 2.60 bits per heavy atom. The molecule has 0 radical (unpaired) electrons. The van der Waals surface area contributed by atoms with Crippen molar-refractivity contribution in [1.29, 1.82) is 0 Å². The lowest BCUT2D eigenvalue weighted by Gasteiger charge is -1.92. The smallest absolute Gasteiger partial charge is 0.287 e. The van der Waals surface area contributed by atoms with Gasteiger partial charge in [-0.25, -0.2) is 4.57 Å². The molecule has 10 heavy (non-hydrogen) atoms. The zero-order valence-corrected chi connectivity index (χ0v) is 6.14. The minimum absolute atomic E-state index is 0.296. The highest BCUT2D eigenvalue weighted by molar-refractivity contribution is 7.99. The number of nitrogens with zero attached hydrogens (tertiary/aromatic N) is 2. The van der Waals surface area contributed by atoms with E-state index in [4.69, 9.17) is 0 Å². The molecule has 0 aliphatic carbocycles. The van der Waals surface area contributed by atoms with Crippen molar-refractivity contribution >= 4 is 11.8 Å². The third kappa shape index (κ3) is 0.759. The van der Waals surface area contributed by atoms with E-state index >= 15 is 0 Å². The van der Waals surface area contributed by atoms with Crippen molar-refractivity contribution < 1.29 is 9.67 Å². The second-order valence-corrected chi connectivity index (χ2v) is 3.21. The molecule has 2 rings (SSSR count). The van der Waals surface area contributed by atoms with Crippen molar-refractivity contribution in [3.8, 4) is 5.75 Å². The van der Waals surface area contributed by atoms with E-state index in [1.807, 2.05) is 4.57 Å². The predicted octanol–water partition coefficient (Wildman–Crippen LogP) is 0.180. The number of fused-ring (bicyclic) bond motifs is 1. The fraction of sp³-hybridized carbons (Fsp3) is 0.333. The minimum atomic E-state index is 0.296.